The van der Waals surface area contributed by atoms with E-state index in [1.54, 1.807) is 28.9 Å². The Labute approximate surface area is 156 Å². The molecule has 1 aromatic carbocycles. The molecule has 1 fully saturated rings. The summed E-state index contributed by atoms with van der Waals surface area (Å²) in [7, 11) is 0. The second-order valence-corrected chi connectivity index (χ2v) is 8.08. The third-order valence-corrected chi connectivity index (χ3v) is 4.87. The fourth-order valence-electron chi connectivity index (χ4n) is 2.51. The molecule has 1 aliphatic rings. The first-order valence-corrected chi connectivity index (χ1v) is 9.17. The van der Waals surface area contributed by atoms with E-state index >= 15 is 0 Å². The van der Waals surface area contributed by atoms with Crippen LogP contribution >= 0.6 is 15.9 Å². The summed E-state index contributed by atoms with van der Waals surface area (Å²) in [6.07, 6.45) is -0.365. The average Bonchev–Trinajstić information content (AvgIpc) is 2.54. The van der Waals surface area contributed by atoms with Gasteiger partial charge in [0.25, 0.3) is 0 Å². The van der Waals surface area contributed by atoms with Crippen LogP contribution in [0.15, 0.2) is 18.2 Å². The molecule has 5 nitrogen and oxygen atoms in total. The summed E-state index contributed by atoms with van der Waals surface area (Å²) in [5, 5.41) is 0. The maximum atomic E-state index is 13.7. The van der Waals surface area contributed by atoms with Crippen LogP contribution in [0.3, 0.4) is 0 Å². The Morgan fingerprint density at radius 3 is 2.24 bits per heavy atom. The number of amides is 2. The molecule has 0 saturated carbocycles. The molecule has 1 unspecified atom stereocenters. The second-order valence-electron chi connectivity index (χ2n) is 7.16. The Balaban J connectivity index is 1.94. The first-order valence-electron chi connectivity index (χ1n) is 8.25. The lowest BCUT2D eigenvalue weighted by molar-refractivity contribution is -0.132. The number of ether oxygens (including phenoxy) is 1. The summed E-state index contributed by atoms with van der Waals surface area (Å²) in [6, 6.07) is 4.78. The van der Waals surface area contributed by atoms with Crippen LogP contribution < -0.4 is 0 Å². The zero-order chi connectivity index (χ0) is 18.8. The van der Waals surface area contributed by atoms with Gasteiger partial charge in [-0.1, -0.05) is 28.1 Å². The number of halogens is 2. The number of alkyl halides is 1. The molecule has 138 valence electrons. The van der Waals surface area contributed by atoms with E-state index in [1.165, 1.54) is 6.07 Å². The summed E-state index contributed by atoms with van der Waals surface area (Å²) in [5.74, 6) is -0.461. The van der Waals surface area contributed by atoms with Gasteiger partial charge in [-0.15, -0.1) is 0 Å². The maximum Gasteiger partial charge on any atom is 0.410 e. The highest BCUT2D eigenvalue weighted by Crippen LogP contribution is 2.27. The van der Waals surface area contributed by atoms with Crippen LogP contribution in [0, 0.1) is 12.7 Å². The number of benzene rings is 1. The zero-order valence-corrected chi connectivity index (χ0v) is 16.6. The van der Waals surface area contributed by atoms with Crippen molar-refractivity contribution in [3.8, 4) is 0 Å². The van der Waals surface area contributed by atoms with E-state index < -0.39 is 10.4 Å². The third kappa shape index (κ3) is 5.17. The first-order chi connectivity index (χ1) is 11.6. The minimum atomic E-state index is -0.601. The van der Waals surface area contributed by atoms with Gasteiger partial charge in [0.15, 0.2) is 0 Å². The number of piperazine rings is 1. The topological polar surface area (TPSA) is 49.9 Å². The Hall–Kier alpha value is -1.63. The van der Waals surface area contributed by atoms with E-state index in [-0.39, 0.29) is 17.8 Å². The third-order valence-electron chi connectivity index (χ3n) is 3.95. The molecule has 0 radical (unpaired) electrons. The van der Waals surface area contributed by atoms with E-state index in [2.05, 4.69) is 15.9 Å². The van der Waals surface area contributed by atoms with E-state index in [4.69, 9.17) is 4.74 Å². The van der Waals surface area contributed by atoms with Gasteiger partial charge in [-0.25, -0.2) is 9.18 Å². The van der Waals surface area contributed by atoms with Gasteiger partial charge in [-0.3, -0.25) is 4.79 Å². The van der Waals surface area contributed by atoms with Crippen molar-refractivity contribution in [2.45, 2.75) is 38.1 Å². The van der Waals surface area contributed by atoms with Crippen LogP contribution in [0.5, 0.6) is 0 Å². The standard InChI is InChI=1S/C18H24BrFN2O3/c1-12-5-6-13(11-14(12)20)15(19)16(23)21-7-9-22(10-8-21)17(24)25-18(2,3)4/h5-6,11,15H,7-10H2,1-4H3. The molecule has 2 amide bonds. The van der Waals surface area contributed by atoms with Gasteiger partial charge in [0.05, 0.1) is 0 Å². The van der Waals surface area contributed by atoms with Gasteiger partial charge < -0.3 is 14.5 Å². The number of aryl methyl sites for hydroxylation is 1. The molecule has 0 spiro atoms. The normalized spacial score (nSPS) is 16.6. The van der Waals surface area contributed by atoms with Gasteiger partial charge >= 0.3 is 6.09 Å². The lowest BCUT2D eigenvalue weighted by Crippen LogP contribution is -2.52. The van der Waals surface area contributed by atoms with Crippen molar-refractivity contribution < 1.29 is 18.7 Å². The Bertz CT molecular complexity index is 652. The van der Waals surface area contributed by atoms with Crippen molar-refractivity contribution in [2.24, 2.45) is 0 Å². The average molecular weight is 415 g/mol. The Kier molecular flexibility index (Phi) is 6.08. The number of rotatable bonds is 2. The summed E-state index contributed by atoms with van der Waals surface area (Å²) < 4.78 is 19.1. The zero-order valence-electron chi connectivity index (χ0n) is 15.0. The number of nitrogens with zero attached hydrogens (tertiary/aromatic N) is 2. The summed E-state index contributed by atoms with van der Waals surface area (Å²) >= 11 is 3.37. The summed E-state index contributed by atoms with van der Waals surface area (Å²) in [5.41, 5.74) is 0.588. The number of hydrogen-bond acceptors (Lipinski definition) is 3. The monoisotopic (exact) mass is 414 g/mol. The Morgan fingerprint density at radius 2 is 1.72 bits per heavy atom. The van der Waals surface area contributed by atoms with Crippen molar-refractivity contribution in [2.75, 3.05) is 26.2 Å². The quantitative estimate of drug-likeness (QED) is 0.693. The number of carbonyl (C=O) groups is 2. The lowest BCUT2D eigenvalue weighted by Gasteiger charge is -2.36. The van der Waals surface area contributed by atoms with Gasteiger partial charge in [0.1, 0.15) is 16.2 Å². The van der Waals surface area contributed by atoms with Crippen molar-refractivity contribution >= 4 is 27.9 Å². The van der Waals surface area contributed by atoms with Crippen molar-refractivity contribution in [1.82, 2.24) is 9.80 Å². The molecular weight excluding hydrogens is 391 g/mol. The van der Waals surface area contributed by atoms with Gasteiger partial charge in [-0.2, -0.15) is 0 Å². The van der Waals surface area contributed by atoms with Crippen molar-refractivity contribution in [3.63, 3.8) is 0 Å². The first kappa shape index (κ1) is 19.7. The van der Waals surface area contributed by atoms with E-state index in [9.17, 15) is 14.0 Å². The highest BCUT2D eigenvalue weighted by molar-refractivity contribution is 9.09. The fourth-order valence-corrected chi connectivity index (χ4v) is 3.08. The van der Waals surface area contributed by atoms with Gasteiger partial charge in [-0.05, 0) is 44.9 Å². The van der Waals surface area contributed by atoms with E-state index in [0.717, 1.165) is 0 Å². The number of carbonyl (C=O) groups excluding carboxylic acids is 2. The van der Waals surface area contributed by atoms with E-state index in [1.807, 2.05) is 20.8 Å². The molecule has 2 rings (SSSR count). The van der Waals surface area contributed by atoms with Crippen LogP contribution in [0.2, 0.25) is 0 Å². The lowest BCUT2D eigenvalue weighted by atomic mass is 10.1. The van der Waals surface area contributed by atoms with E-state index in [0.29, 0.717) is 37.3 Å². The molecule has 0 bridgehead atoms. The Morgan fingerprint density at radius 1 is 1.16 bits per heavy atom. The minimum absolute atomic E-state index is 0.132. The van der Waals surface area contributed by atoms with Crippen molar-refractivity contribution in [1.29, 1.82) is 0 Å². The largest absolute Gasteiger partial charge is 0.444 e. The van der Waals surface area contributed by atoms with Crippen LogP contribution in [0.4, 0.5) is 9.18 Å². The predicted molar refractivity (Wildman–Crippen MR) is 97.2 cm³/mol. The fraction of sp³-hybridized carbons (Fsp3) is 0.556. The molecule has 1 aromatic rings. The molecular formula is C18H24BrFN2O3. The van der Waals surface area contributed by atoms with Crippen LogP contribution in [-0.4, -0.2) is 53.6 Å². The van der Waals surface area contributed by atoms with Crippen LogP contribution in [-0.2, 0) is 9.53 Å². The SMILES string of the molecule is Cc1ccc(C(Br)C(=O)N2CCN(C(=O)OC(C)(C)C)CC2)cc1F. The molecule has 0 aliphatic carbocycles. The van der Waals surface area contributed by atoms with Crippen LogP contribution in [0.25, 0.3) is 0 Å². The smallest absolute Gasteiger partial charge is 0.410 e. The maximum absolute atomic E-state index is 13.7. The molecule has 25 heavy (non-hydrogen) atoms. The van der Waals surface area contributed by atoms with Crippen LogP contribution in [0.1, 0.15) is 36.7 Å². The molecule has 1 saturated heterocycles. The van der Waals surface area contributed by atoms with Gasteiger partial charge in [0, 0.05) is 26.2 Å². The molecule has 0 aromatic heterocycles. The second kappa shape index (κ2) is 7.72. The predicted octanol–water partition coefficient (Wildman–Crippen LogP) is 3.65. The summed E-state index contributed by atoms with van der Waals surface area (Å²) in [4.78, 5) is 27.4. The number of hydrogen-bond donors (Lipinski definition) is 0. The molecule has 0 N–H and O–H groups in total. The molecule has 7 heteroatoms. The molecule has 1 aliphatic heterocycles. The summed E-state index contributed by atoms with van der Waals surface area (Å²) in [6.45, 7) is 8.83. The molecule has 1 atom stereocenters. The van der Waals surface area contributed by atoms with Gasteiger partial charge in [0.2, 0.25) is 5.91 Å². The minimum Gasteiger partial charge on any atom is -0.444 e. The molecule has 1 heterocycles. The van der Waals surface area contributed by atoms with Crippen molar-refractivity contribution in [3.05, 3.63) is 35.1 Å². The highest BCUT2D eigenvalue weighted by Gasteiger charge is 2.30. The highest BCUT2D eigenvalue weighted by atomic mass is 79.9.